The number of fused-ring (bicyclic) bond motifs is 7. The van der Waals surface area contributed by atoms with Crippen LogP contribution in [0.5, 0.6) is 0 Å². The molecule has 1 saturated heterocycles. The molecule has 1 aliphatic heterocycles. The summed E-state index contributed by atoms with van der Waals surface area (Å²) in [5, 5.41) is 6.67. The summed E-state index contributed by atoms with van der Waals surface area (Å²) in [5.74, 6) is 0. The van der Waals surface area contributed by atoms with Crippen molar-refractivity contribution in [2.45, 2.75) is 38.9 Å². The molecule has 1 aliphatic rings. The molecule has 0 saturated carbocycles. The van der Waals surface area contributed by atoms with Crippen LogP contribution < -0.4 is 5.46 Å². The van der Waals surface area contributed by atoms with Crippen LogP contribution in [0.4, 0.5) is 0 Å². The van der Waals surface area contributed by atoms with Crippen LogP contribution in [0, 0.1) is 0 Å². The topological polar surface area (TPSA) is 44.7 Å². The number of benzene rings is 5. The molecule has 190 valence electrons. The number of hydrogen-bond acceptors (Lipinski definition) is 4. The first kappa shape index (κ1) is 22.9. The van der Waals surface area contributed by atoms with Crippen molar-refractivity contribution in [2.24, 2.45) is 0 Å². The Labute approximate surface area is 226 Å². The molecule has 0 spiro atoms. The third-order valence-corrected chi connectivity index (χ3v) is 8.73. The van der Waals surface area contributed by atoms with Gasteiger partial charge in [-0.25, -0.2) is 0 Å². The maximum absolute atomic E-state index is 6.73. The summed E-state index contributed by atoms with van der Waals surface area (Å²) in [6.45, 7) is 8.30. The van der Waals surface area contributed by atoms with Crippen molar-refractivity contribution in [1.82, 2.24) is 0 Å². The van der Waals surface area contributed by atoms with Crippen molar-refractivity contribution in [2.75, 3.05) is 0 Å². The second-order valence-electron chi connectivity index (χ2n) is 11.6. The van der Waals surface area contributed by atoms with E-state index >= 15 is 0 Å². The largest absolute Gasteiger partial charge is 0.498 e. The van der Waals surface area contributed by atoms with Crippen LogP contribution in [0.3, 0.4) is 0 Å². The van der Waals surface area contributed by atoms with Gasteiger partial charge in [-0.05, 0) is 62.2 Å². The van der Waals surface area contributed by atoms with Gasteiger partial charge in [-0.1, -0.05) is 72.8 Å². The van der Waals surface area contributed by atoms with Crippen molar-refractivity contribution in [3.05, 3.63) is 91.0 Å². The Bertz CT molecular complexity index is 2080. The fraction of sp³-hybridized carbons (Fsp3) is 0.176. The van der Waals surface area contributed by atoms with Crippen LogP contribution >= 0.6 is 0 Å². The zero-order chi connectivity index (χ0) is 26.5. The lowest BCUT2D eigenvalue weighted by Gasteiger charge is -2.32. The number of para-hydroxylation sites is 3. The molecule has 0 bridgehead atoms. The minimum Gasteiger partial charge on any atom is -0.456 e. The summed E-state index contributed by atoms with van der Waals surface area (Å²) in [6.07, 6.45) is 0. The van der Waals surface area contributed by atoms with E-state index in [1.54, 1.807) is 0 Å². The predicted octanol–water partition coefficient (Wildman–Crippen LogP) is 8.60. The van der Waals surface area contributed by atoms with E-state index in [-0.39, 0.29) is 0 Å². The van der Waals surface area contributed by atoms with Gasteiger partial charge in [-0.3, -0.25) is 0 Å². The van der Waals surface area contributed by atoms with Gasteiger partial charge < -0.3 is 18.1 Å². The van der Waals surface area contributed by atoms with E-state index in [9.17, 15) is 0 Å². The molecular weight excluding hydrogens is 483 g/mol. The summed E-state index contributed by atoms with van der Waals surface area (Å²) in [7, 11) is -0.497. The molecule has 0 aliphatic carbocycles. The van der Waals surface area contributed by atoms with Gasteiger partial charge in [0.2, 0.25) is 0 Å². The third-order valence-electron chi connectivity index (χ3n) is 8.73. The summed E-state index contributed by atoms with van der Waals surface area (Å²) >= 11 is 0. The molecule has 0 radical (unpaired) electrons. The van der Waals surface area contributed by atoms with Gasteiger partial charge in [0.25, 0.3) is 0 Å². The molecule has 8 rings (SSSR count). The molecule has 3 heterocycles. The standard InChI is InChI=1S/C34H27BO4/c1-33(2)34(3,4)39-35(38-33)28-16-9-15-25-24-14-8-13-23(31(24)37-32(25)28)21-12-7-10-20-18-30-27(19-26(20)21)22-11-5-6-17-29(22)36-30/h5-19H,1-4H3. The average Bonchev–Trinajstić information content (AvgIpc) is 3.55. The average molecular weight is 510 g/mol. The molecule has 39 heavy (non-hydrogen) atoms. The summed E-state index contributed by atoms with van der Waals surface area (Å²) in [4.78, 5) is 0. The first-order chi connectivity index (χ1) is 18.8. The van der Waals surface area contributed by atoms with Gasteiger partial charge in [-0.2, -0.15) is 0 Å². The maximum Gasteiger partial charge on any atom is 0.498 e. The molecule has 5 aromatic carbocycles. The molecule has 7 aromatic rings. The van der Waals surface area contributed by atoms with E-state index in [1.165, 1.54) is 0 Å². The van der Waals surface area contributed by atoms with E-state index in [0.29, 0.717) is 0 Å². The van der Waals surface area contributed by atoms with Crippen molar-refractivity contribution >= 4 is 67.2 Å². The Balaban J connectivity index is 1.36. The highest BCUT2D eigenvalue weighted by atomic mass is 16.7. The van der Waals surface area contributed by atoms with Crippen LogP contribution in [0.2, 0.25) is 0 Å². The van der Waals surface area contributed by atoms with E-state index < -0.39 is 18.3 Å². The van der Waals surface area contributed by atoms with E-state index in [2.05, 4.69) is 100 Å². The molecule has 5 heteroatoms. The van der Waals surface area contributed by atoms with Crippen LogP contribution in [0.15, 0.2) is 99.8 Å². The molecule has 2 aromatic heterocycles. The van der Waals surface area contributed by atoms with Gasteiger partial charge in [-0.15, -0.1) is 0 Å². The summed E-state index contributed by atoms with van der Waals surface area (Å²) < 4.78 is 25.7. The van der Waals surface area contributed by atoms with Crippen molar-refractivity contribution < 1.29 is 18.1 Å². The fourth-order valence-corrected chi connectivity index (χ4v) is 5.94. The van der Waals surface area contributed by atoms with Gasteiger partial charge >= 0.3 is 7.12 Å². The summed E-state index contributed by atoms with van der Waals surface area (Å²) in [6, 6.07) is 31.6. The lowest BCUT2D eigenvalue weighted by atomic mass is 9.78. The molecule has 1 fully saturated rings. The van der Waals surface area contributed by atoms with Gasteiger partial charge in [0.1, 0.15) is 22.3 Å². The monoisotopic (exact) mass is 510 g/mol. The first-order valence-electron chi connectivity index (χ1n) is 13.4. The Kier molecular flexibility index (Phi) is 4.55. The second kappa shape index (κ2) is 7.75. The van der Waals surface area contributed by atoms with Crippen molar-refractivity contribution in [3.63, 3.8) is 0 Å². The Morgan fingerprint density at radius 1 is 0.513 bits per heavy atom. The SMILES string of the molecule is CC1(C)OB(c2cccc3c2oc2c(-c4cccc5cc6oc7ccccc7c6cc45)cccc23)OC1(C)C. The first-order valence-corrected chi connectivity index (χ1v) is 13.4. The zero-order valence-corrected chi connectivity index (χ0v) is 22.4. The minimum absolute atomic E-state index is 0.428. The fourth-order valence-electron chi connectivity index (χ4n) is 5.94. The van der Waals surface area contributed by atoms with Crippen molar-refractivity contribution in [3.8, 4) is 11.1 Å². The highest BCUT2D eigenvalue weighted by Gasteiger charge is 2.52. The zero-order valence-electron chi connectivity index (χ0n) is 22.4. The smallest absolute Gasteiger partial charge is 0.456 e. The quantitative estimate of drug-likeness (QED) is 0.219. The van der Waals surface area contributed by atoms with Crippen LogP contribution in [0.25, 0.3) is 65.8 Å². The van der Waals surface area contributed by atoms with Crippen LogP contribution in [0.1, 0.15) is 27.7 Å². The Morgan fingerprint density at radius 3 is 2.00 bits per heavy atom. The number of rotatable bonds is 2. The third kappa shape index (κ3) is 3.21. The molecule has 0 atom stereocenters. The van der Waals surface area contributed by atoms with Gasteiger partial charge in [0.05, 0.1) is 11.2 Å². The van der Waals surface area contributed by atoms with Crippen molar-refractivity contribution in [1.29, 1.82) is 0 Å². The molecule has 0 unspecified atom stereocenters. The second-order valence-corrected chi connectivity index (χ2v) is 11.6. The highest BCUT2D eigenvalue weighted by Crippen LogP contribution is 2.42. The Morgan fingerprint density at radius 2 is 1.18 bits per heavy atom. The van der Waals surface area contributed by atoms with E-state index in [4.69, 9.17) is 18.1 Å². The highest BCUT2D eigenvalue weighted by molar-refractivity contribution is 6.65. The lowest BCUT2D eigenvalue weighted by molar-refractivity contribution is 0.00578. The normalized spacial score (nSPS) is 16.9. The predicted molar refractivity (Wildman–Crippen MR) is 160 cm³/mol. The Hall–Kier alpha value is -4.06. The molecular formula is C34H27BO4. The minimum atomic E-state index is -0.497. The van der Waals surface area contributed by atoms with Gasteiger partial charge in [0.15, 0.2) is 0 Å². The molecule has 0 N–H and O–H groups in total. The van der Waals surface area contributed by atoms with E-state index in [1.807, 2.05) is 18.2 Å². The molecule has 4 nitrogen and oxygen atoms in total. The van der Waals surface area contributed by atoms with Gasteiger partial charge in [0, 0.05) is 32.6 Å². The van der Waals surface area contributed by atoms with Crippen LogP contribution in [-0.2, 0) is 9.31 Å². The molecule has 0 amide bonds. The van der Waals surface area contributed by atoms with Crippen LogP contribution in [-0.4, -0.2) is 18.3 Å². The maximum atomic E-state index is 6.73. The number of hydrogen-bond donors (Lipinski definition) is 0. The van der Waals surface area contributed by atoms with E-state index in [0.717, 1.165) is 71.2 Å². The summed E-state index contributed by atoms with van der Waals surface area (Å²) in [5.41, 5.74) is 5.71. The lowest BCUT2D eigenvalue weighted by Crippen LogP contribution is -2.41. The number of furan rings is 2.